The minimum absolute atomic E-state index is 0.116. The number of para-hydroxylation sites is 1. The second-order valence-corrected chi connectivity index (χ2v) is 6.84. The van der Waals surface area contributed by atoms with Gasteiger partial charge in [0.15, 0.2) is 6.61 Å². The molecule has 5 nitrogen and oxygen atoms in total. The maximum Gasteiger partial charge on any atom is 0.260 e. The fraction of sp³-hybridized carbons (Fsp3) is 0.176. The minimum Gasteiger partial charge on any atom is -0.483 e. The van der Waals surface area contributed by atoms with Crippen LogP contribution in [0.25, 0.3) is 0 Å². The number of amides is 2. The van der Waals surface area contributed by atoms with Crippen molar-refractivity contribution in [3.05, 3.63) is 57.0 Å². The zero-order valence-electron chi connectivity index (χ0n) is 13.3. The van der Waals surface area contributed by atoms with Crippen LogP contribution in [-0.2, 0) is 9.59 Å². The fourth-order valence-electron chi connectivity index (χ4n) is 1.90. The SMILES string of the molecule is CN(CC(=O)Nc1ccccc1Cl)C(=O)COc1ccc(Cl)cc1Br. The van der Waals surface area contributed by atoms with Crippen LogP contribution in [0.3, 0.4) is 0 Å². The molecule has 0 radical (unpaired) electrons. The van der Waals surface area contributed by atoms with Crippen LogP contribution < -0.4 is 10.1 Å². The van der Waals surface area contributed by atoms with Gasteiger partial charge in [0.2, 0.25) is 5.91 Å². The first-order valence-corrected chi connectivity index (χ1v) is 8.78. The molecule has 0 aromatic heterocycles. The molecule has 1 N–H and O–H groups in total. The Morgan fingerprint density at radius 2 is 1.92 bits per heavy atom. The van der Waals surface area contributed by atoms with Gasteiger partial charge in [-0.05, 0) is 46.3 Å². The number of halogens is 3. The first-order chi connectivity index (χ1) is 11.9. The summed E-state index contributed by atoms with van der Waals surface area (Å²) in [5, 5.41) is 3.64. The first-order valence-electron chi connectivity index (χ1n) is 7.23. The highest BCUT2D eigenvalue weighted by atomic mass is 79.9. The van der Waals surface area contributed by atoms with Crippen LogP contribution in [0.1, 0.15) is 0 Å². The average Bonchev–Trinajstić information content (AvgIpc) is 2.55. The lowest BCUT2D eigenvalue weighted by molar-refractivity contribution is -0.135. The van der Waals surface area contributed by atoms with E-state index >= 15 is 0 Å². The summed E-state index contributed by atoms with van der Waals surface area (Å²) < 4.78 is 6.09. The average molecular weight is 446 g/mol. The van der Waals surface area contributed by atoms with Crippen LogP contribution >= 0.6 is 39.1 Å². The molecule has 0 saturated heterocycles. The monoisotopic (exact) mass is 444 g/mol. The van der Waals surface area contributed by atoms with Crippen molar-refractivity contribution in [2.45, 2.75) is 0 Å². The predicted octanol–water partition coefficient (Wildman–Crippen LogP) is 4.23. The van der Waals surface area contributed by atoms with E-state index in [-0.39, 0.29) is 25.0 Å². The van der Waals surface area contributed by atoms with E-state index in [1.165, 1.54) is 11.9 Å². The molecule has 0 unspecified atom stereocenters. The zero-order chi connectivity index (χ0) is 18.4. The van der Waals surface area contributed by atoms with Crippen molar-refractivity contribution in [2.24, 2.45) is 0 Å². The largest absolute Gasteiger partial charge is 0.483 e. The van der Waals surface area contributed by atoms with Gasteiger partial charge in [-0.3, -0.25) is 9.59 Å². The van der Waals surface area contributed by atoms with Gasteiger partial charge in [0.1, 0.15) is 5.75 Å². The predicted molar refractivity (Wildman–Crippen MR) is 102 cm³/mol. The molecule has 2 rings (SSSR count). The van der Waals surface area contributed by atoms with E-state index < -0.39 is 0 Å². The number of nitrogens with one attached hydrogen (secondary N) is 1. The molecular weight excluding hydrogens is 431 g/mol. The highest BCUT2D eigenvalue weighted by molar-refractivity contribution is 9.10. The molecule has 0 aliphatic carbocycles. The Morgan fingerprint density at radius 1 is 1.20 bits per heavy atom. The number of anilines is 1. The minimum atomic E-state index is -0.350. The van der Waals surface area contributed by atoms with Gasteiger partial charge >= 0.3 is 0 Å². The topological polar surface area (TPSA) is 58.6 Å². The Hall–Kier alpha value is -1.76. The number of ether oxygens (including phenoxy) is 1. The maximum atomic E-state index is 12.1. The third kappa shape index (κ3) is 5.92. The van der Waals surface area contributed by atoms with E-state index in [1.54, 1.807) is 42.5 Å². The highest BCUT2D eigenvalue weighted by Gasteiger charge is 2.15. The van der Waals surface area contributed by atoms with Crippen LogP contribution in [0, 0.1) is 0 Å². The number of likely N-dealkylation sites (N-methyl/N-ethyl adjacent to an activating group) is 1. The number of nitrogens with zero attached hydrogens (tertiary/aromatic N) is 1. The van der Waals surface area contributed by atoms with Crippen molar-refractivity contribution < 1.29 is 14.3 Å². The van der Waals surface area contributed by atoms with Crippen molar-refractivity contribution in [1.82, 2.24) is 4.90 Å². The highest BCUT2D eigenvalue weighted by Crippen LogP contribution is 2.27. The molecule has 0 fully saturated rings. The van der Waals surface area contributed by atoms with Crippen LogP contribution in [0.2, 0.25) is 10.0 Å². The molecule has 0 atom stereocenters. The van der Waals surface area contributed by atoms with Gasteiger partial charge in [-0.1, -0.05) is 35.3 Å². The molecule has 2 aromatic rings. The fourth-order valence-corrected chi connectivity index (χ4v) is 2.88. The molecule has 132 valence electrons. The molecule has 0 bridgehead atoms. The van der Waals surface area contributed by atoms with Crippen molar-refractivity contribution in [3.8, 4) is 5.75 Å². The van der Waals surface area contributed by atoms with Crippen LogP contribution in [0.15, 0.2) is 46.9 Å². The van der Waals surface area contributed by atoms with Gasteiger partial charge in [0.25, 0.3) is 5.91 Å². The van der Waals surface area contributed by atoms with Crippen molar-refractivity contribution in [2.75, 3.05) is 25.5 Å². The van der Waals surface area contributed by atoms with Crippen molar-refractivity contribution >= 4 is 56.6 Å². The van der Waals surface area contributed by atoms with E-state index in [0.717, 1.165) is 0 Å². The molecule has 0 spiro atoms. The van der Waals surface area contributed by atoms with Gasteiger partial charge in [-0.25, -0.2) is 0 Å². The number of hydrogen-bond donors (Lipinski definition) is 1. The summed E-state index contributed by atoms with van der Waals surface area (Å²) in [4.78, 5) is 25.4. The van der Waals surface area contributed by atoms with E-state index in [4.69, 9.17) is 27.9 Å². The summed E-state index contributed by atoms with van der Waals surface area (Å²) in [5.74, 6) is -0.195. The third-order valence-corrected chi connectivity index (χ3v) is 4.38. The first kappa shape index (κ1) is 19.6. The number of rotatable bonds is 6. The normalized spacial score (nSPS) is 10.2. The number of carbonyl (C=O) groups is 2. The quantitative estimate of drug-likeness (QED) is 0.723. The van der Waals surface area contributed by atoms with Crippen LogP contribution in [0.5, 0.6) is 5.75 Å². The summed E-state index contributed by atoms with van der Waals surface area (Å²) >= 11 is 15.1. The molecule has 25 heavy (non-hydrogen) atoms. The lowest BCUT2D eigenvalue weighted by atomic mass is 10.3. The van der Waals surface area contributed by atoms with E-state index in [1.807, 2.05) is 0 Å². The Kier molecular flexibility index (Phi) is 7.11. The second-order valence-electron chi connectivity index (χ2n) is 5.14. The van der Waals surface area contributed by atoms with Gasteiger partial charge in [-0.15, -0.1) is 0 Å². The van der Waals surface area contributed by atoms with Crippen molar-refractivity contribution in [1.29, 1.82) is 0 Å². The zero-order valence-corrected chi connectivity index (χ0v) is 16.4. The maximum absolute atomic E-state index is 12.1. The number of carbonyl (C=O) groups excluding carboxylic acids is 2. The summed E-state index contributed by atoms with van der Waals surface area (Å²) in [7, 11) is 1.52. The molecule has 2 aromatic carbocycles. The lowest BCUT2D eigenvalue weighted by Gasteiger charge is -2.17. The molecule has 8 heteroatoms. The molecule has 0 saturated carbocycles. The Balaban J connectivity index is 1.85. The standard InChI is InChI=1S/C17H15BrCl2N2O3/c1-22(9-16(23)21-14-5-3-2-4-13(14)20)17(24)10-25-15-7-6-11(19)8-12(15)18/h2-8H,9-10H2,1H3,(H,21,23). The second kappa shape index (κ2) is 9.08. The lowest BCUT2D eigenvalue weighted by Crippen LogP contribution is -2.37. The summed E-state index contributed by atoms with van der Waals surface area (Å²) in [5.41, 5.74) is 0.497. The molecule has 0 heterocycles. The van der Waals surface area contributed by atoms with Crippen LogP contribution in [0.4, 0.5) is 5.69 Å². The van der Waals surface area contributed by atoms with Gasteiger partial charge < -0.3 is 15.0 Å². The Labute approximate surface area is 164 Å². The van der Waals surface area contributed by atoms with Gasteiger partial charge in [0, 0.05) is 12.1 Å². The molecular formula is C17H15BrCl2N2O3. The van der Waals surface area contributed by atoms with Crippen LogP contribution in [-0.4, -0.2) is 36.9 Å². The summed E-state index contributed by atoms with van der Waals surface area (Å²) in [6.07, 6.45) is 0. The Morgan fingerprint density at radius 3 is 2.60 bits per heavy atom. The van der Waals surface area contributed by atoms with E-state index in [0.29, 0.717) is 26.0 Å². The smallest absolute Gasteiger partial charge is 0.260 e. The van der Waals surface area contributed by atoms with Gasteiger partial charge in [0.05, 0.1) is 21.7 Å². The molecule has 0 aliphatic heterocycles. The molecule has 2 amide bonds. The van der Waals surface area contributed by atoms with Crippen molar-refractivity contribution in [3.63, 3.8) is 0 Å². The van der Waals surface area contributed by atoms with E-state index in [9.17, 15) is 9.59 Å². The number of benzene rings is 2. The third-order valence-electron chi connectivity index (χ3n) is 3.20. The van der Waals surface area contributed by atoms with E-state index in [2.05, 4.69) is 21.2 Å². The molecule has 0 aliphatic rings. The number of hydrogen-bond acceptors (Lipinski definition) is 3. The Bertz CT molecular complexity index is 786. The summed E-state index contributed by atoms with van der Waals surface area (Å²) in [6, 6.07) is 11.9. The van der Waals surface area contributed by atoms with Gasteiger partial charge in [-0.2, -0.15) is 0 Å². The summed E-state index contributed by atoms with van der Waals surface area (Å²) in [6.45, 7) is -0.314.